The summed E-state index contributed by atoms with van der Waals surface area (Å²) < 4.78 is 23.2. The number of pyridine rings is 1. The van der Waals surface area contributed by atoms with Crippen LogP contribution in [0.1, 0.15) is 12.5 Å². The highest BCUT2D eigenvalue weighted by atomic mass is 32.2. The molecule has 1 aromatic heterocycles. The second kappa shape index (κ2) is 9.85. The summed E-state index contributed by atoms with van der Waals surface area (Å²) in [6, 6.07) is 25.4. The van der Waals surface area contributed by atoms with E-state index in [1.165, 1.54) is 23.9 Å². The van der Waals surface area contributed by atoms with E-state index in [4.69, 9.17) is 10.1 Å². The van der Waals surface area contributed by atoms with Crippen molar-refractivity contribution < 1.29 is 13.2 Å². The van der Waals surface area contributed by atoms with Gasteiger partial charge in [-0.1, -0.05) is 55.1 Å². The third-order valence-corrected chi connectivity index (χ3v) is 8.42. The van der Waals surface area contributed by atoms with Crippen LogP contribution in [0, 0.1) is 5.92 Å². The number of amidine groups is 1. The highest BCUT2D eigenvalue weighted by molar-refractivity contribution is 8.16. The number of aliphatic imine (C=N–C) groups is 1. The van der Waals surface area contributed by atoms with E-state index in [1.54, 1.807) is 17.0 Å². The first kappa shape index (κ1) is 24.2. The molecule has 0 spiro atoms. The Hall–Kier alpha value is -3.53. The van der Waals surface area contributed by atoms with Gasteiger partial charge in [-0.05, 0) is 66.4 Å². The molecule has 2 heterocycles. The van der Waals surface area contributed by atoms with Crippen LogP contribution in [0.3, 0.4) is 0 Å². The van der Waals surface area contributed by atoms with Crippen LogP contribution in [0.2, 0.25) is 0 Å². The van der Waals surface area contributed by atoms with E-state index in [2.05, 4.69) is 18.0 Å². The number of amides is 1. The van der Waals surface area contributed by atoms with Crippen LogP contribution < -0.4 is 10.0 Å². The molecule has 0 aliphatic carbocycles. The van der Waals surface area contributed by atoms with Crippen LogP contribution in [0.5, 0.6) is 0 Å². The number of thioether (sulfide) groups is 1. The van der Waals surface area contributed by atoms with E-state index in [-0.39, 0.29) is 22.0 Å². The normalized spacial score (nSPS) is 18.2. The quantitative estimate of drug-likeness (QED) is 0.393. The first-order valence-electron chi connectivity index (χ1n) is 11.4. The number of nitrogens with two attached hydrogens (primary N) is 1. The summed E-state index contributed by atoms with van der Waals surface area (Å²) in [6.45, 7) is 2.08. The number of rotatable bonds is 6. The molecule has 9 heteroatoms. The molecule has 7 nitrogen and oxygen atoms in total. The van der Waals surface area contributed by atoms with Crippen LogP contribution in [0.15, 0.2) is 101 Å². The Morgan fingerprint density at radius 2 is 1.69 bits per heavy atom. The van der Waals surface area contributed by atoms with Gasteiger partial charge in [0.1, 0.15) is 0 Å². The minimum atomic E-state index is -3.80. The molecule has 4 aromatic rings. The number of carbonyl (C=O) groups is 1. The van der Waals surface area contributed by atoms with Gasteiger partial charge in [0, 0.05) is 11.6 Å². The Morgan fingerprint density at radius 1 is 1.00 bits per heavy atom. The van der Waals surface area contributed by atoms with Crippen molar-refractivity contribution >= 4 is 55.1 Å². The molecule has 2 atom stereocenters. The van der Waals surface area contributed by atoms with E-state index >= 15 is 0 Å². The Morgan fingerprint density at radius 3 is 2.42 bits per heavy atom. The molecule has 1 saturated heterocycles. The monoisotopic (exact) mass is 516 g/mol. The topological polar surface area (TPSA) is 106 Å². The number of sulfonamides is 1. The van der Waals surface area contributed by atoms with Gasteiger partial charge in [0.15, 0.2) is 5.17 Å². The lowest BCUT2D eigenvalue weighted by Gasteiger charge is -2.19. The molecule has 1 amide bonds. The van der Waals surface area contributed by atoms with E-state index in [0.29, 0.717) is 17.3 Å². The fraction of sp³-hybridized carbons (Fsp3) is 0.148. The minimum absolute atomic E-state index is 0.0117. The highest BCUT2D eigenvalue weighted by Gasteiger charge is 2.42. The molecule has 1 aliphatic rings. The summed E-state index contributed by atoms with van der Waals surface area (Å²) in [6.07, 6.45) is 2.52. The second-order valence-electron chi connectivity index (χ2n) is 8.65. The number of primary sulfonamides is 1. The zero-order chi connectivity index (χ0) is 25.3. The number of benzene rings is 3. The van der Waals surface area contributed by atoms with Gasteiger partial charge in [0.2, 0.25) is 15.9 Å². The average Bonchev–Trinajstić information content (AvgIpc) is 3.20. The maximum Gasteiger partial charge on any atom is 0.247 e. The van der Waals surface area contributed by atoms with Gasteiger partial charge in [0.05, 0.1) is 27.0 Å². The van der Waals surface area contributed by atoms with Crippen LogP contribution in [0.4, 0.5) is 11.4 Å². The van der Waals surface area contributed by atoms with E-state index in [0.717, 1.165) is 22.2 Å². The number of aromatic nitrogens is 1. The van der Waals surface area contributed by atoms with Crippen molar-refractivity contribution in [3.05, 3.63) is 96.7 Å². The Balaban J connectivity index is 1.47. The zero-order valence-corrected chi connectivity index (χ0v) is 21.1. The van der Waals surface area contributed by atoms with Gasteiger partial charge in [-0.15, -0.1) is 0 Å². The lowest BCUT2D eigenvalue weighted by molar-refractivity contribution is -0.117. The summed E-state index contributed by atoms with van der Waals surface area (Å²) in [4.78, 5) is 24.5. The maximum absolute atomic E-state index is 13.7. The predicted molar refractivity (Wildman–Crippen MR) is 145 cm³/mol. The molecular formula is C27H24N4O3S2. The number of para-hydroxylation sites is 2. The molecule has 0 saturated carbocycles. The minimum Gasteiger partial charge on any atom is -0.273 e. The Labute approximate surface area is 214 Å². The molecule has 1 fully saturated rings. The molecule has 0 bridgehead atoms. The SMILES string of the molecule is CC(Cc1ccnc2ccccc12)C1SC(=Nc2ccc(S(N)(=O)=O)cc2)N(c2ccccc2)C1=O. The van der Waals surface area contributed by atoms with Crippen LogP contribution in [-0.2, 0) is 21.2 Å². The number of fused-ring (bicyclic) bond motifs is 1. The van der Waals surface area contributed by atoms with E-state index < -0.39 is 10.0 Å². The van der Waals surface area contributed by atoms with Crippen molar-refractivity contribution in [3.8, 4) is 0 Å². The van der Waals surface area contributed by atoms with Crippen molar-refractivity contribution in [2.45, 2.75) is 23.5 Å². The third-order valence-electron chi connectivity index (χ3n) is 6.09. The molecule has 2 N–H and O–H groups in total. The predicted octanol–water partition coefficient (Wildman–Crippen LogP) is 4.90. The lowest BCUT2D eigenvalue weighted by Crippen LogP contribution is -2.34. The lowest BCUT2D eigenvalue weighted by atomic mass is 9.95. The second-order valence-corrected chi connectivity index (χ2v) is 11.3. The van der Waals surface area contributed by atoms with Crippen molar-refractivity contribution in [2.75, 3.05) is 4.90 Å². The summed E-state index contributed by atoms with van der Waals surface area (Å²) >= 11 is 1.43. The standard InChI is InChI=1S/C27H24N4O3S2/c1-18(17-19-15-16-29-24-10-6-5-9-23(19)24)25-26(32)31(21-7-3-2-4-8-21)27(35-25)30-20-11-13-22(14-12-20)36(28,33)34/h2-16,18,25H,17H2,1H3,(H2,28,33,34). The smallest absolute Gasteiger partial charge is 0.247 e. The number of nitrogens with zero attached hydrogens (tertiary/aromatic N) is 3. The number of carbonyl (C=O) groups excluding carboxylic acids is 1. The number of anilines is 1. The summed E-state index contributed by atoms with van der Waals surface area (Å²) in [5.74, 6) is -0.00561. The molecule has 2 unspecified atom stereocenters. The highest BCUT2D eigenvalue weighted by Crippen LogP contribution is 2.38. The fourth-order valence-electron chi connectivity index (χ4n) is 4.30. The average molecular weight is 517 g/mol. The first-order valence-corrected chi connectivity index (χ1v) is 13.8. The van der Waals surface area contributed by atoms with Gasteiger partial charge >= 0.3 is 0 Å². The van der Waals surface area contributed by atoms with E-state index in [9.17, 15) is 13.2 Å². The van der Waals surface area contributed by atoms with Gasteiger partial charge in [-0.3, -0.25) is 14.7 Å². The summed E-state index contributed by atoms with van der Waals surface area (Å²) in [5.41, 5.74) is 3.35. The van der Waals surface area contributed by atoms with Crippen molar-refractivity contribution in [1.29, 1.82) is 0 Å². The van der Waals surface area contributed by atoms with Gasteiger partial charge in [0.25, 0.3) is 0 Å². The van der Waals surface area contributed by atoms with Gasteiger partial charge < -0.3 is 0 Å². The Kier molecular flexibility index (Phi) is 6.61. The van der Waals surface area contributed by atoms with Crippen LogP contribution in [0.25, 0.3) is 10.9 Å². The fourth-order valence-corrected chi connectivity index (χ4v) is 6.03. The number of hydrogen-bond acceptors (Lipinski definition) is 6. The molecule has 36 heavy (non-hydrogen) atoms. The van der Waals surface area contributed by atoms with Gasteiger partial charge in [-0.2, -0.15) is 0 Å². The Bertz CT molecular complexity index is 1550. The molecule has 1 aliphatic heterocycles. The molecule has 182 valence electrons. The largest absolute Gasteiger partial charge is 0.273 e. The van der Waals surface area contributed by atoms with Crippen molar-refractivity contribution in [2.24, 2.45) is 16.0 Å². The number of hydrogen-bond donors (Lipinski definition) is 1. The van der Waals surface area contributed by atoms with E-state index in [1.807, 2.05) is 60.8 Å². The van der Waals surface area contributed by atoms with Crippen LogP contribution >= 0.6 is 11.8 Å². The van der Waals surface area contributed by atoms with Gasteiger partial charge in [-0.25, -0.2) is 18.5 Å². The third kappa shape index (κ3) is 4.90. The van der Waals surface area contributed by atoms with Crippen LogP contribution in [-0.4, -0.2) is 29.7 Å². The zero-order valence-electron chi connectivity index (χ0n) is 19.5. The van der Waals surface area contributed by atoms with Crippen molar-refractivity contribution in [1.82, 2.24) is 4.98 Å². The molecule has 3 aromatic carbocycles. The maximum atomic E-state index is 13.7. The first-order chi connectivity index (χ1) is 17.3. The summed E-state index contributed by atoms with van der Waals surface area (Å²) in [7, 11) is -3.80. The summed E-state index contributed by atoms with van der Waals surface area (Å²) in [5, 5.41) is 6.51. The van der Waals surface area contributed by atoms with Crippen molar-refractivity contribution in [3.63, 3.8) is 0 Å². The molecule has 5 rings (SSSR count). The molecular weight excluding hydrogens is 492 g/mol. The molecule has 0 radical (unpaired) electrons.